The summed E-state index contributed by atoms with van der Waals surface area (Å²) in [6.45, 7) is 1.30. The van der Waals surface area contributed by atoms with Gasteiger partial charge in [-0.05, 0) is 19.1 Å². The Morgan fingerprint density at radius 3 is 2.12 bits per heavy atom. The first kappa shape index (κ1) is 13.1. The number of hydrogen-bond donors (Lipinski definition) is 1. The lowest BCUT2D eigenvalue weighted by Crippen LogP contribution is -2.40. The van der Waals surface area contributed by atoms with Gasteiger partial charge in [0.25, 0.3) is 5.91 Å². The molecule has 0 radical (unpaired) electrons. The van der Waals surface area contributed by atoms with Crippen molar-refractivity contribution in [1.82, 2.24) is 4.90 Å². The van der Waals surface area contributed by atoms with E-state index in [1.165, 1.54) is 14.0 Å². The van der Waals surface area contributed by atoms with E-state index < -0.39 is 29.6 Å². The van der Waals surface area contributed by atoms with Crippen LogP contribution in [0.2, 0.25) is 0 Å². The van der Waals surface area contributed by atoms with Crippen LogP contribution in [0.5, 0.6) is 0 Å². The summed E-state index contributed by atoms with van der Waals surface area (Å²) >= 11 is 0. The van der Waals surface area contributed by atoms with Crippen LogP contribution in [0.25, 0.3) is 0 Å². The molecule has 1 unspecified atom stereocenters. The number of carboxylic acids is 1. The maximum Gasteiger partial charge on any atom is 0.326 e. The summed E-state index contributed by atoms with van der Waals surface area (Å²) in [4.78, 5) is 23.3. The molecule has 0 fully saturated rings. The summed E-state index contributed by atoms with van der Waals surface area (Å²) in [6, 6.07) is 1.28. The second kappa shape index (κ2) is 4.90. The van der Waals surface area contributed by atoms with Gasteiger partial charge in [-0.3, -0.25) is 4.79 Å². The second-order valence-corrected chi connectivity index (χ2v) is 3.59. The Labute approximate surface area is 96.5 Å². The predicted octanol–water partition coefficient (Wildman–Crippen LogP) is 1.51. The van der Waals surface area contributed by atoms with Crippen molar-refractivity contribution in [2.45, 2.75) is 13.0 Å². The minimum absolute atomic E-state index is 0.224. The molecule has 0 aliphatic rings. The zero-order valence-corrected chi connectivity index (χ0v) is 9.28. The molecule has 0 bridgehead atoms. The highest BCUT2D eigenvalue weighted by Crippen LogP contribution is 2.11. The fraction of sp³-hybridized carbons (Fsp3) is 0.273. The third-order valence-electron chi connectivity index (χ3n) is 2.37. The van der Waals surface area contributed by atoms with Crippen LogP contribution in [-0.2, 0) is 4.79 Å². The van der Waals surface area contributed by atoms with E-state index in [2.05, 4.69) is 0 Å². The minimum Gasteiger partial charge on any atom is -0.480 e. The molecule has 0 heterocycles. The van der Waals surface area contributed by atoms with Crippen molar-refractivity contribution in [2.24, 2.45) is 0 Å². The first-order valence-electron chi connectivity index (χ1n) is 4.79. The van der Waals surface area contributed by atoms with Crippen LogP contribution < -0.4 is 0 Å². The average molecular weight is 243 g/mol. The van der Waals surface area contributed by atoms with Crippen molar-refractivity contribution in [1.29, 1.82) is 0 Å². The van der Waals surface area contributed by atoms with Gasteiger partial charge in [0.2, 0.25) is 0 Å². The first-order chi connectivity index (χ1) is 7.82. The number of benzene rings is 1. The molecule has 0 saturated carbocycles. The van der Waals surface area contributed by atoms with Crippen LogP contribution in [0.3, 0.4) is 0 Å². The molecule has 0 spiro atoms. The topological polar surface area (TPSA) is 57.6 Å². The van der Waals surface area contributed by atoms with Gasteiger partial charge in [0.1, 0.15) is 17.7 Å². The maximum absolute atomic E-state index is 12.9. The SMILES string of the molecule is CC(C(=O)O)N(C)C(=O)c1cc(F)cc(F)c1. The van der Waals surface area contributed by atoms with Crippen LogP contribution in [0.1, 0.15) is 17.3 Å². The Morgan fingerprint density at radius 2 is 1.71 bits per heavy atom. The average Bonchev–Trinajstić information content (AvgIpc) is 2.24. The van der Waals surface area contributed by atoms with E-state index in [9.17, 15) is 18.4 Å². The third-order valence-corrected chi connectivity index (χ3v) is 2.37. The lowest BCUT2D eigenvalue weighted by atomic mass is 10.1. The number of aliphatic carboxylic acids is 1. The summed E-state index contributed by atoms with van der Waals surface area (Å²) in [6.07, 6.45) is 0. The molecule has 1 aromatic rings. The summed E-state index contributed by atoms with van der Waals surface area (Å²) in [7, 11) is 1.25. The molecule has 0 aromatic heterocycles. The van der Waals surface area contributed by atoms with Gasteiger partial charge in [-0.25, -0.2) is 13.6 Å². The largest absolute Gasteiger partial charge is 0.480 e. The number of likely N-dealkylation sites (N-methyl/N-ethyl adjacent to an activating group) is 1. The molecule has 0 saturated heterocycles. The van der Waals surface area contributed by atoms with Crippen molar-refractivity contribution >= 4 is 11.9 Å². The predicted molar refractivity (Wildman–Crippen MR) is 55.5 cm³/mol. The maximum atomic E-state index is 12.9. The number of halogens is 2. The van der Waals surface area contributed by atoms with Gasteiger partial charge in [-0.15, -0.1) is 0 Å². The monoisotopic (exact) mass is 243 g/mol. The molecular formula is C11H11F2NO3. The van der Waals surface area contributed by atoms with Crippen molar-refractivity contribution in [3.05, 3.63) is 35.4 Å². The first-order valence-corrected chi connectivity index (χ1v) is 4.79. The van der Waals surface area contributed by atoms with E-state index in [1.807, 2.05) is 0 Å². The molecule has 0 aliphatic heterocycles. The third kappa shape index (κ3) is 2.99. The highest BCUT2D eigenvalue weighted by Gasteiger charge is 2.23. The van der Waals surface area contributed by atoms with E-state index in [1.54, 1.807) is 0 Å². The van der Waals surface area contributed by atoms with E-state index in [0.717, 1.165) is 17.0 Å². The standard InChI is InChI=1S/C11H11F2NO3/c1-6(11(16)17)14(2)10(15)7-3-8(12)5-9(13)4-7/h3-6H,1-2H3,(H,16,17). The molecule has 1 atom stereocenters. The smallest absolute Gasteiger partial charge is 0.326 e. The zero-order valence-electron chi connectivity index (χ0n) is 9.28. The number of hydrogen-bond acceptors (Lipinski definition) is 2. The molecule has 1 aromatic carbocycles. The van der Waals surface area contributed by atoms with Gasteiger partial charge in [-0.1, -0.05) is 0 Å². The van der Waals surface area contributed by atoms with E-state index >= 15 is 0 Å². The minimum atomic E-state index is -1.20. The molecule has 92 valence electrons. The van der Waals surface area contributed by atoms with E-state index in [4.69, 9.17) is 5.11 Å². The lowest BCUT2D eigenvalue weighted by Gasteiger charge is -2.21. The summed E-state index contributed by atoms with van der Waals surface area (Å²) < 4.78 is 25.8. The lowest BCUT2D eigenvalue weighted by molar-refractivity contribution is -0.141. The second-order valence-electron chi connectivity index (χ2n) is 3.59. The molecular weight excluding hydrogens is 232 g/mol. The van der Waals surface area contributed by atoms with Gasteiger partial charge >= 0.3 is 5.97 Å². The van der Waals surface area contributed by atoms with Crippen molar-refractivity contribution in [3.8, 4) is 0 Å². The van der Waals surface area contributed by atoms with Crippen LogP contribution in [-0.4, -0.2) is 35.0 Å². The number of carbonyl (C=O) groups is 2. The van der Waals surface area contributed by atoms with Crippen molar-refractivity contribution in [3.63, 3.8) is 0 Å². The van der Waals surface area contributed by atoms with Crippen LogP contribution in [0.4, 0.5) is 8.78 Å². The number of rotatable bonds is 3. The Morgan fingerprint density at radius 1 is 1.24 bits per heavy atom. The highest BCUT2D eigenvalue weighted by atomic mass is 19.1. The normalized spacial score (nSPS) is 12.0. The fourth-order valence-corrected chi connectivity index (χ4v) is 1.22. The molecule has 1 amide bonds. The molecule has 1 rings (SSSR count). The van der Waals surface area contributed by atoms with Crippen LogP contribution in [0.15, 0.2) is 18.2 Å². The summed E-state index contributed by atoms with van der Waals surface area (Å²) in [5.41, 5.74) is -0.224. The van der Waals surface area contributed by atoms with Crippen molar-refractivity contribution < 1.29 is 23.5 Å². The quantitative estimate of drug-likeness (QED) is 0.875. The molecule has 0 aliphatic carbocycles. The van der Waals surface area contributed by atoms with Gasteiger partial charge in [0.05, 0.1) is 0 Å². The van der Waals surface area contributed by atoms with Gasteiger partial charge in [0, 0.05) is 18.7 Å². The van der Waals surface area contributed by atoms with Crippen LogP contribution >= 0.6 is 0 Å². The number of carbonyl (C=O) groups excluding carboxylic acids is 1. The fourth-order valence-electron chi connectivity index (χ4n) is 1.22. The summed E-state index contributed by atoms with van der Waals surface area (Å²) in [5.74, 6) is -3.72. The molecule has 17 heavy (non-hydrogen) atoms. The van der Waals surface area contributed by atoms with E-state index in [-0.39, 0.29) is 5.56 Å². The van der Waals surface area contributed by atoms with Gasteiger partial charge in [-0.2, -0.15) is 0 Å². The Bertz CT molecular complexity index is 442. The zero-order chi connectivity index (χ0) is 13.2. The Hall–Kier alpha value is -1.98. The number of carboxylic acid groups (broad SMARTS) is 1. The van der Waals surface area contributed by atoms with Crippen LogP contribution in [0, 0.1) is 11.6 Å². The Kier molecular flexibility index (Phi) is 3.77. The molecule has 1 N–H and O–H groups in total. The Balaban J connectivity index is 3.00. The molecule has 6 heteroatoms. The molecule has 4 nitrogen and oxygen atoms in total. The number of amides is 1. The highest BCUT2D eigenvalue weighted by molar-refractivity contribution is 5.96. The summed E-state index contributed by atoms with van der Waals surface area (Å²) in [5, 5.41) is 8.72. The van der Waals surface area contributed by atoms with E-state index in [0.29, 0.717) is 6.07 Å². The van der Waals surface area contributed by atoms with Crippen molar-refractivity contribution in [2.75, 3.05) is 7.05 Å². The van der Waals surface area contributed by atoms with Gasteiger partial charge < -0.3 is 10.0 Å². The van der Waals surface area contributed by atoms with Gasteiger partial charge in [0.15, 0.2) is 0 Å². The number of nitrogens with zero attached hydrogens (tertiary/aromatic N) is 1.